The van der Waals surface area contributed by atoms with Crippen LogP contribution in [0.4, 0.5) is 0 Å². The quantitative estimate of drug-likeness (QED) is 0.479. The number of para-hydroxylation sites is 1. The molecule has 0 N–H and O–H groups in total. The minimum atomic E-state index is 0.0634. The van der Waals surface area contributed by atoms with Crippen LogP contribution in [0.25, 0.3) is 10.9 Å². The minimum absolute atomic E-state index is 0.0634. The van der Waals surface area contributed by atoms with Gasteiger partial charge in [0, 0.05) is 17.7 Å². The van der Waals surface area contributed by atoms with Gasteiger partial charge in [-0.1, -0.05) is 42.0 Å². The van der Waals surface area contributed by atoms with Crippen LogP contribution in [-0.2, 0) is 6.42 Å². The first-order chi connectivity index (χ1) is 11.7. The molecule has 0 aliphatic heterocycles. The zero-order valence-corrected chi connectivity index (χ0v) is 14.7. The highest BCUT2D eigenvalue weighted by molar-refractivity contribution is 7.99. The first kappa shape index (κ1) is 15.6. The maximum Gasteiger partial charge on any atom is 0.239 e. The van der Waals surface area contributed by atoms with Crippen molar-refractivity contribution < 1.29 is 4.52 Å². The van der Waals surface area contributed by atoms with E-state index in [1.165, 1.54) is 12.8 Å². The molecule has 4 rings (SSSR count). The van der Waals surface area contributed by atoms with Crippen LogP contribution in [0.2, 0.25) is 0 Å². The third kappa shape index (κ3) is 3.15. The number of fused-ring (bicyclic) bond motifs is 1. The summed E-state index contributed by atoms with van der Waals surface area (Å²) in [6, 6.07) is 8.20. The van der Waals surface area contributed by atoms with Gasteiger partial charge in [0.15, 0.2) is 5.82 Å². The first-order valence-corrected chi connectivity index (χ1v) is 9.38. The fourth-order valence-corrected chi connectivity index (χ4v) is 3.63. The van der Waals surface area contributed by atoms with Crippen LogP contribution < -0.4 is 0 Å². The highest BCUT2D eigenvalue weighted by Gasteiger charge is 2.28. The number of benzene rings is 1. The first-order valence-electron chi connectivity index (χ1n) is 8.50. The molecule has 6 heteroatoms. The molecule has 24 heavy (non-hydrogen) atoms. The van der Waals surface area contributed by atoms with E-state index < -0.39 is 0 Å². The number of nitrogens with zero attached hydrogens (tertiary/aromatic N) is 4. The Kier molecular flexibility index (Phi) is 4.22. The van der Waals surface area contributed by atoms with Gasteiger partial charge in [0.1, 0.15) is 10.9 Å². The smallest absolute Gasteiger partial charge is 0.239 e. The van der Waals surface area contributed by atoms with Crippen LogP contribution in [0.15, 0.2) is 33.8 Å². The summed E-state index contributed by atoms with van der Waals surface area (Å²) in [6.45, 7) is 4.20. The molecule has 0 unspecified atom stereocenters. The number of hydrogen-bond acceptors (Lipinski definition) is 6. The Bertz CT molecular complexity index is 859. The molecule has 5 nitrogen and oxygen atoms in total. The average molecular weight is 340 g/mol. The summed E-state index contributed by atoms with van der Waals surface area (Å²) in [7, 11) is 0. The van der Waals surface area contributed by atoms with E-state index >= 15 is 0 Å². The van der Waals surface area contributed by atoms with Gasteiger partial charge in [-0.05, 0) is 32.3 Å². The Morgan fingerprint density at radius 3 is 2.83 bits per heavy atom. The molecular weight excluding hydrogens is 320 g/mol. The van der Waals surface area contributed by atoms with Crippen molar-refractivity contribution in [3.05, 3.63) is 41.8 Å². The SMILES string of the molecule is CCCc1noc([C@H](C)Sc2nc(C3CC3)nc3ccccc23)n1. The van der Waals surface area contributed by atoms with Crippen LogP contribution in [0.3, 0.4) is 0 Å². The van der Waals surface area contributed by atoms with Gasteiger partial charge >= 0.3 is 0 Å². The van der Waals surface area contributed by atoms with E-state index in [9.17, 15) is 0 Å². The average Bonchev–Trinajstić information content (AvgIpc) is 3.34. The molecule has 0 spiro atoms. The number of hydrogen-bond donors (Lipinski definition) is 0. The summed E-state index contributed by atoms with van der Waals surface area (Å²) < 4.78 is 5.43. The second-order valence-corrected chi connectivity index (χ2v) is 7.57. The summed E-state index contributed by atoms with van der Waals surface area (Å²) in [4.78, 5) is 14.1. The molecular formula is C18H20N4OS. The van der Waals surface area contributed by atoms with Gasteiger partial charge in [0.05, 0.1) is 10.8 Å². The van der Waals surface area contributed by atoms with Crippen molar-refractivity contribution in [1.29, 1.82) is 0 Å². The Labute approximate surface area is 145 Å². The Hall–Kier alpha value is -1.95. The number of aromatic nitrogens is 4. The second-order valence-electron chi connectivity index (χ2n) is 6.24. The van der Waals surface area contributed by atoms with Crippen LogP contribution in [0.1, 0.15) is 61.8 Å². The Morgan fingerprint density at radius 2 is 2.04 bits per heavy atom. The van der Waals surface area contributed by atoms with E-state index in [-0.39, 0.29) is 5.25 Å². The molecule has 0 amide bonds. The van der Waals surface area contributed by atoms with Crippen LogP contribution >= 0.6 is 11.8 Å². The number of aryl methyl sites for hydroxylation is 1. The van der Waals surface area contributed by atoms with Gasteiger partial charge in [-0.25, -0.2) is 9.97 Å². The standard InChI is InChI=1S/C18H20N4OS/c1-3-6-15-20-17(23-22-15)11(2)24-18-13-7-4-5-8-14(13)19-16(21-18)12-9-10-12/h4-5,7-8,11-12H,3,6,9-10H2,1-2H3/t11-/m0/s1. The fourth-order valence-electron chi connectivity index (χ4n) is 2.65. The minimum Gasteiger partial charge on any atom is -0.338 e. The predicted octanol–water partition coefficient (Wildman–Crippen LogP) is 4.70. The van der Waals surface area contributed by atoms with E-state index in [4.69, 9.17) is 14.5 Å². The molecule has 2 aromatic heterocycles. The molecule has 2 heterocycles. The Balaban J connectivity index is 1.64. The Morgan fingerprint density at radius 1 is 1.21 bits per heavy atom. The summed E-state index contributed by atoms with van der Waals surface area (Å²) in [5, 5.41) is 6.21. The van der Waals surface area contributed by atoms with Gasteiger partial charge in [-0.15, -0.1) is 0 Å². The molecule has 0 bridgehead atoms. The highest BCUT2D eigenvalue weighted by atomic mass is 32.2. The van der Waals surface area contributed by atoms with Crippen molar-refractivity contribution >= 4 is 22.7 Å². The van der Waals surface area contributed by atoms with Crippen LogP contribution in [0.5, 0.6) is 0 Å². The van der Waals surface area contributed by atoms with Gasteiger partial charge < -0.3 is 4.52 Å². The van der Waals surface area contributed by atoms with Crippen molar-refractivity contribution in [3.63, 3.8) is 0 Å². The van der Waals surface area contributed by atoms with Crippen LogP contribution in [0, 0.1) is 0 Å². The molecule has 1 atom stereocenters. The molecule has 1 aliphatic carbocycles. The predicted molar refractivity (Wildman–Crippen MR) is 94.1 cm³/mol. The third-order valence-electron chi connectivity index (χ3n) is 4.12. The van der Waals surface area contributed by atoms with Gasteiger partial charge in [-0.3, -0.25) is 0 Å². The van der Waals surface area contributed by atoms with Crippen molar-refractivity contribution in [3.8, 4) is 0 Å². The normalized spacial score (nSPS) is 15.8. The van der Waals surface area contributed by atoms with Crippen molar-refractivity contribution in [2.24, 2.45) is 0 Å². The van der Waals surface area contributed by atoms with E-state index in [0.717, 1.165) is 40.4 Å². The topological polar surface area (TPSA) is 64.7 Å². The summed E-state index contributed by atoms with van der Waals surface area (Å²) >= 11 is 1.67. The maximum atomic E-state index is 5.43. The fraction of sp³-hybridized carbons (Fsp3) is 0.444. The van der Waals surface area contributed by atoms with Crippen molar-refractivity contribution in [2.45, 2.75) is 55.7 Å². The van der Waals surface area contributed by atoms with Gasteiger partial charge in [0.2, 0.25) is 5.89 Å². The van der Waals surface area contributed by atoms with Crippen LogP contribution in [-0.4, -0.2) is 20.1 Å². The molecule has 1 fully saturated rings. The van der Waals surface area contributed by atoms with E-state index in [0.29, 0.717) is 11.8 Å². The molecule has 1 aromatic carbocycles. The number of thioether (sulfide) groups is 1. The van der Waals surface area contributed by atoms with Crippen molar-refractivity contribution in [1.82, 2.24) is 20.1 Å². The lowest BCUT2D eigenvalue weighted by Gasteiger charge is -2.10. The van der Waals surface area contributed by atoms with E-state index in [1.807, 2.05) is 12.1 Å². The van der Waals surface area contributed by atoms with E-state index in [1.54, 1.807) is 11.8 Å². The molecule has 1 saturated carbocycles. The molecule has 0 saturated heterocycles. The second kappa shape index (κ2) is 6.51. The molecule has 3 aromatic rings. The van der Waals surface area contributed by atoms with E-state index in [2.05, 4.69) is 36.1 Å². The van der Waals surface area contributed by atoms with Gasteiger partial charge in [-0.2, -0.15) is 4.98 Å². The lowest BCUT2D eigenvalue weighted by molar-refractivity contribution is 0.374. The number of rotatable bonds is 6. The molecule has 124 valence electrons. The molecule has 0 radical (unpaired) electrons. The van der Waals surface area contributed by atoms with Crippen molar-refractivity contribution in [2.75, 3.05) is 0 Å². The molecule has 1 aliphatic rings. The maximum absolute atomic E-state index is 5.43. The summed E-state index contributed by atoms with van der Waals surface area (Å²) in [5.41, 5.74) is 1.02. The summed E-state index contributed by atoms with van der Waals surface area (Å²) in [6.07, 6.45) is 4.26. The van der Waals surface area contributed by atoms with Gasteiger partial charge in [0.25, 0.3) is 0 Å². The lowest BCUT2D eigenvalue weighted by atomic mass is 10.2. The highest BCUT2D eigenvalue weighted by Crippen LogP contribution is 2.42. The third-order valence-corrected chi connectivity index (χ3v) is 5.21. The summed E-state index contributed by atoms with van der Waals surface area (Å²) in [5.74, 6) is 2.95. The lowest BCUT2D eigenvalue weighted by Crippen LogP contribution is -1.98. The zero-order valence-electron chi connectivity index (χ0n) is 13.9. The monoisotopic (exact) mass is 340 g/mol. The zero-order chi connectivity index (χ0) is 16.5. The largest absolute Gasteiger partial charge is 0.338 e.